The van der Waals surface area contributed by atoms with E-state index in [2.05, 4.69) is 14.6 Å². The summed E-state index contributed by atoms with van der Waals surface area (Å²) in [6.45, 7) is 5.15. The van der Waals surface area contributed by atoms with Crippen LogP contribution < -0.4 is 4.72 Å². The topological polar surface area (TPSA) is 82.6 Å². The Kier molecular flexibility index (Phi) is 6.71. The largest absolute Gasteiger partial charge is 0.336 e. The van der Waals surface area contributed by atoms with Crippen LogP contribution in [0.2, 0.25) is 0 Å². The molecule has 0 atom stereocenters. The van der Waals surface area contributed by atoms with Gasteiger partial charge in [-0.1, -0.05) is 0 Å². The maximum atomic E-state index is 13.5. The number of sulfonamides is 1. The first-order chi connectivity index (χ1) is 15.8. The van der Waals surface area contributed by atoms with Crippen LogP contribution in [0, 0.1) is 12.7 Å². The summed E-state index contributed by atoms with van der Waals surface area (Å²) in [6.07, 6.45) is 3.55. The highest BCUT2D eigenvalue weighted by Gasteiger charge is 2.22. The summed E-state index contributed by atoms with van der Waals surface area (Å²) in [4.78, 5) is 21.0. The molecule has 1 amide bonds. The Morgan fingerprint density at radius 2 is 1.67 bits per heavy atom. The maximum Gasteiger partial charge on any atom is 0.261 e. The van der Waals surface area contributed by atoms with Gasteiger partial charge in [-0.15, -0.1) is 0 Å². The molecule has 0 aliphatic carbocycles. The van der Waals surface area contributed by atoms with Gasteiger partial charge in [-0.05, 0) is 72.6 Å². The maximum absolute atomic E-state index is 13.5. The van der Waals surface area contributed by atoms with Crippen LogP contribution in [-0.4, -0.2) is 55.3 Å². The van der Waals surface area contributed by atoms with E-state index in [9.17, 15) is 17.6 Å². The number of anilines is 1. The number of pyridine rings is 1. The molecule has 0 radical (unpaired) electrons. The molecule has 1 aromatic heterocycles. The molecule has 2 heterocycles. The fraction of sp³-hybridized carbons (Fsp3) is 0.250. The summed E-state index contributed by atoms with van der Waals surface area (Å²) in [6, 6.07) is 13.9. The lowest BCUT2D eigenvalue weighted by atomic mass is 10.1. The van der Waals surface area contributed by atoms with Gasteiger partial charge in [0, 0.05) is 56.4 Å². The van der Waals surface area contributed by atoms with Crippen LogP contribution in [0.15, 0.2) is 71.9 Å². The number of hydrogen-bond acceptors (Lipinski definition) is 5. The van der Waals surface area contributed by atoms with Crippen LogP contribution in [-0.2, 0) is 16.6 Å². The highest BCUT2D eigenvalue weighted by Crippen LogP contribution is 2.20. The monoisotopic (exact) mass is 468 g/mol. The number of aromatic nitrogens is 1. The Morgan fingerprint density at radius 1 is 1.00 bits per heavy atom. The zero-order valence-corrected chi connectivity index (χ0v) is 19.1. The summed E-state index contributed by atoms with van der Waals surface area (Å²) in [5.41, 5.74) is 2.27. The number of halogens is 1. The van der Waals surface area contributed by atoms with E-state index < -0.39 is 15.8 Å². The van der Waals surface area contributed by atoms with E-state index in [-0.39, 0.29) is 16.4 Å². The molecule has 0 saturated carbocycles. The van der Waals surface area contributed by atoms with E-state index in [1.54, 1.807) is 36.7 Å². The van der Waals surface area contributed by atoms with Crippen LogP contribution in [0.1, 0.15) is 21.5 Å². The van der Waals surface area contributed by atoms with Crippen LogP contribution in [0.5, 0.6) is 0 Å². The standard InChI is InChI=1S/C24H25FN4O3S/c1-18-16-22(6-7-23(18)25)33(31,32)27-21-4-2-20(3-5-21)24(30)29-14-12-28(13-15-29)17-19-8-10-26-11-9-19/h2-11,16,27H,12-15,17H2,1H3. The van der Waals surface area contributed by atoms with E-state index in [1.807, 2.05) is 17.0 Å². The third-order valence-electron chi connectivity index (χ3n) is 5.64. The highest BCUT2D eigenvalue weighted by atomic mass is 32.2. The van der Waals surface area contributed by atoms with Gasteiger partial charge in [-0.25, -0.2) is 12.8 Å². The van der Waals surface area contributed by atoms with E-state index in [4.69, 9.17) is 0 Å². The van der Waals surface area contributed by atoms with Gasteiger partial charge in [-0.3, -0.25) is 19.4 Å². The molecule has 0 spiro atoms. The molecule has 1 fully saturated rings. The Hall–Kier alpha value is -3.30. The molecular formula is C24H25FN4O3S. The smallest absolute Gasteiger partial charge is 0.261 e. The first-order valence-corrected chi connectivity index (χ1v) is 12.1. The van der Waals surface area contributed by atoms with Gasteiger partial charge >= 0.3 is 0 Å². The van der Waals surface area contributed by atoms with Crippen molar-refractivity contribution in [2.24, 2.45) is 0 Å². The Bertz CT molecular complexity index is 1230. The number of aryl methyl sites for hydroxylation is 1. The Morgan fingerprint density at radius 3 is 2.30 bits per heavy atom. The first kappa shape index (κ1) is 22.9. The molecule has 1 N–H and O–H groups in total. The molecular weight excluding hydrogens is 443 g/mol. The SMILES string of the molecule is Cc1cc(S(=O)(=O)Nc2ccc(C(=O)N3CCN(Cc4ccncc4)CC3)cc2)ccc1F. The normalized spacial score (nSPS) is 14.8. The average molecular weight is 469 g/mol. The van der Waals surface area contributed by atoms with Gasteiger partial charge in [0.1, 0.15) is 5.82 Å². The number of benzene rings is 2. The summed E-state index contributed by atoms with van der Waals surface area (Å²) >= 11 is 0. The Balaban J connectivity index is 1.35. The third kappa shape index (κ3) is 5.55. The van der Waals surface area contributed by atoms with Crippen LogP contribution >= 0.6 is 0 Å². The number of hydrogen-bond donors (Lipinski definition) is 1. The van der Waals surface area contributed by atoms with Crippen molar-refractivity contribution in [3.63, 3.8) is 0 Å². The Labute approximate surface area is 192 Å². The summed E-state index contributed by atoms with van der Waals surface area (Å²) < 4.78 is 41.1. The third-order valence-corrected chi connectivity index (χ3v) is 7.02. The minimum atomic E-state index is -3.86. The number of rotatable bonds is 6. The molecule has 3 aromatic rings. The zero-order valence-electron chi connectivity index (χ0n) is 18.2. The van der Waals surface area contributed by atoms with Gasteiger partial charge in [0.15, 0.2) is 0 Å². The molecule has 1 aliphatic rings. The minimum Gasteiger partial charge on any atom is -0.336 e. The van der Waals surface area contributed by atoms with Crippen molar-refractivity contribution in [3.8, 4) is 0 Å². The van der Waals surface area contributed by atoms with Crippen molar-refractivity contribution in [1.82, 2.24) is 14.8 Å². The molecule has 0 bridgehead atoms. The number of carbonyl (C=O) groups excluding carboxylic acids is 1. The first-order valence-electron chi connectivity index (χ1n) is 10.6. The fourth-order valence-corrected chi connectivity index (χ4v) is 4.86. The van der Waals surface area contributed by atoms with E-state index >= 15 is 0 Å². The van der Waals surface area contributed by atoms with Crippen molar-refractivity contribution in [1.29, 1.82) is 0 Å². The number of piperazine rings is 1. The second kappa shape index (κ2) is 9.68. The summed E-state index contributed by atoms with van der Waals surface area (Å²) in [5.74, 6) is -0.544. The van der Waals surface area contributed by atoms with E-state index in [0.717, 1.165) is 25.7 Å². The predicted molar refractivity (Wildman–Crippen MR) is 124 cm³/mol. The van der Waals surface area contributed by atoms with Crippen LogP contribution in [0.3, 0.4) is 0 Å². The molecule has 0 unspecified atom stereocenters. The van der Waals surface area contributed by atoms with Gasteiger partial charge in [0.25, 0.3) is 15.9 Å². The summed E-state index contributed by atoms with van der Waals surface area (Å²) in [7, 11) is -3.86. The molecule has 2 aromatic carbocycles. The average Bonchev–Trinajstić information content (AvgIpc) is 2.82. The van der Waals surface area contributed by atoms with Crippen molar-refractivity contribution < 1.29 is 17.6 Å². The second-order valence-corrected chi connectivity index (χ2v) is 9.70. The van der Waals surface area contributed by atoms with Gasteiger partial charge in [0.05, 0.1) is 4.90 Å². The molecule has 4 rings (SSSR count). The lowest BCUT2D eigenvalue weighted by molar-refractivity contribution is 0.0628. The van der Waals surface area contributed by atoms with E-state index in [1.165, 1.54) is 24.6 Å². The number of carbonyl (C=O) groups is 1. The quantitative estimate of drug-likeness (QED) is 0.600. The van der Waals surface area contributed by atoms with Crippen LogP contribution in [0.4, 0.5) is 10.1 Å². The lowest BCUT2D eigenvalue weighted by Gasteiger charge is -2.34. The second-order valence-electron chi connectivity index (χ2n) is 8.02. The van der Waals surface area contributed by atoms with Crippen LogP contribution in [0.25, 0.3) is 0 Å². The molecule has 9 heteroatoms. The van der Waals surface area contributed by atoms with E-state index in [0.29, 0.717) is 24.3 Å². The predicted octanol–water partition coefficient (Wildman–Crippen LogP) is 3.29. The van der Waals surface area contributed by atoms with Crippen molar-refractivity contribution >= 4 is 21.6 Å². The summed E-state index contributed by atoms with van der Waals surface area (Å²) in [5, 5.41) is 0. The molecule has 33 heavy (non-hydrogen) atoms. The zero-order chi connectivity index (χ0) is 23.4. The lowest BCUT2D eigenvalue weighted by Crippen LogP contribution is -2.48. The molecule has 1 aliphatic heterocycles. The van der Waals surface area contributed by atoms with Crippen molar-refractivity contribution in [2.75, 3.05) is 30.9 Å². The number of amides is 1. The van der Waals surface area contributed by atoms with Crippen molar-refractivity contribution in [3.05, 3.63) is 89.5 Å². The van der Waals surface area contributed by atoms with Crippen molar-refractivity contribution in [2.45, 2.75) is 18.4 Å². The molecule has 172 valence electrons. The number of nitrogens with zero attached hydrogens (tertiary/aromatic N) is 3. The highest BCUT2D eigenvalue weighted by molar-refractivity contribution is 7.92. The fourth-order valence-electron chi connectivity index (χ4n) is 3.72. The van der Waals surface area contributed by atoms with Gasteiger partial charge < -0.3 is 4.90 Å². The molecule has 1 saturated heterocycles. The van der Waals surface area contributed by atoms with Gasteiger partial charge in [0.2, 0.25) is 0 Å². The minimum absolute atomic E-state index is 0.0220. The van der Waals surface area contributed by atoms with Gasteiger partial charge in [-0.2, -0.15) is 0 Å². The molecule has 7 nitrogen and oxygen atoms in total. The number of nitrogens with one attached hydrogen (secondary N) is 1.